The summed E-state index contributed by atoms with van der Waals surface area (Å²) >= 11 is 0. The van der Waals surface area contributed by atoms with E-state index in [1.165, 1.54) is 24.0 Å². The summed E-state index contributed by atoms with van der Waals surface area (Å²) in [7, 11) is 1.46. The summed E-state index contributed by atoms with van der Waals surface area (Å²) < 4.78 is 23.3. The van der Waals surface area contributed by atoms with Crippen molar-refractivity contribution >= 4 is 23.7 Å². The molecule has 1 N–H and O–H groups in total. The van der Waals surface area contributed by atoms with Crippen molar-refractivity contribution < 1.29 is 33.6 Å². The molecule has 0 aliphatic carbocycles. The van der Waals surface area contributed by atoms with Gasteiger partial charge in [0.05, 0.1) is 25.6 Å². The summed E-state index contributed by atoms with van der Waals surface area (Å²) in [6.45, 7) is 12.3. The van der Waals surface area contributed by atoms with E-state index in [4.69, 9.17) is 18.9 Å². The Labute approximate surface area is 227 Å². The lowest BCUT2D eigenvalue weighted by molar-refractivity contribution is 0.0429. The van der Waals surface area contributed by atoms with Crippen LogP contribution < -0.4 is 14.4 Å². The number of pyridine rings is 1. The minimum Gasteiger partial charge on any atom is -0.495 e. The smallest absolute Gasteiger partial charge is 0.425 e. The third kappa shape index (κ3) is 7.31. The van der Waals surface area contributed by atoms with Crippen LogP contribution in [0.5, 0.6) is 11.8 Å². The predicted octanol–water partition coefficient (Wildman–Crippen LogP) is 4.47. The topological polar surface area (TPSA) is 150 Å². The first-order valence-corrected chi connectivity index (χ1v) is 12.6. The monoisotopic (exact) mass is 544 g/mol. The van der Waals surface area contributed by atoms with Gasteiger partial charge in [0.15, 0.2) is 11.5 Å². The molecule has 0 aliphatic rings. The van der Waals surface area contributed by atoms with Crippen molar-refractivity contribution in [1.82, 2.24) is 24.6 Å². The van der Waals surface area contributed by atoms with Crippen LogP contribution in [0.1, 0.15) is 78.8 Å². The summed E-state index contributed by atoms with van der Waals surface area (Å²) in [4.78, 5) is 40.2. The van der Waals surface area contributed by atoms with Gasteiger partial charge in [-0.25, -0.2) is 19.1 Å². The maximum atomic E-state index is 13.3. The average Bonchev–Trinajstić information content (AvgIpc) is 3.25. The molecule has 0 saturated heterocycles. The Morgan fingerprint density at radius 1 is 1.08 bits per heavy atom. The maximum Gasteiger partial charge on any atom is 0.425 e. The molecular weight excluding hydrogens is 508 g/mol. The van der Waals surface area contributed by atoms with Gasteiger partial charge in [0, 0.05) is 6.20 Å². The number of aliphatic hydroxyl groups is 1. The van der Waals surface area contributed by atoms with Crippen molar-refractivity contribution in [2.24, 2.45) is 0 Å². The second-order valence-electron chi connectivity index (χ2n) is 10.6. The van der Waals surface area contributed by atoms with Crippen LogP contribution in [0.2, 0.25) is 0 Å². The van der Waals surface area contributed by atoms with E-state index in [0.29, 0.717) is 17.1 Å². The molecule has 13 nitrogen and oxygen atoms in total. The molecule has 13 heteroatoms. The van der Waals surface area contributed by atoms with Gasteiger partial charge in [-0.3, -0.25) is 4.98 Å². The van der Waals surface area contributed by atoms with Gasteiger partial charge in [-0.1, -0.05) is 13.3 Å². The van der Waals surface area contributed by atoms with Crippen molar-refractivity contribution in [2.45, 2.75) is 78.6 Å². The van der Waals surface area contributed by atoms with Crippen molar-refractivity contribution in [2.75, 3.05) is 18.6 Å². The normalized spacial score (nSPS) is 12.6. The maximum absolute atomic E-state index is 13.3. The Hall–Kier alpha value is -4.00. The highest BCUT2D eigenvalue weighted by atomic mass is 16.6. The molecule has 0 fully saturated rings. The van der Waals surface area contributed by atoms with Gasteiger partial charge in [0.2, 0.25) is 0 Å². The largest absolute Gasteiger partial charge is 0.495 e. The highest BCUT2D eigenvalue weighted by Gasteiger charge is 2.37. The molecule has 212 valence electrons. The number of aliphatic hydroxyl groups excluding tert-OH is 1. The van der Waals surface area contributed by atoms with Crippen molar-refractivity contribution in [3.63, 3.8) is 0 Å². The van der Waals surface area contributed by atoms with Gasteiger partial charge in [0.1, 0.15) is 28.7 Å². The van der Waals surface area contributed by atoms with Crippen LogP contribution in [0.15, 0.2) is 24.5 Å². The molecule has 3 aromatic rings. The highest BCUT2D eigenvalue weighted by Crippen LogP contribution is 2.31. The molecular formula is C26H36N6O7. The van der Waals surface area contributed by atoms with Crippen molar-refractivity contribution in [3.8, 4) is 11.8 Å². The fourth-order valence-electron chi connectivity index (χ4n) is 3.35. The third-order valence-electron chi connectivity index (χ3n) is 5.00. The lowest BCUT2D eigenvalue weighted by Gasteiger charge is -2.28. The van der Waals surface area contributed by atoms with E-state index in [2.05, 4.69) is 20.1 Å². The molecule has 2 amide bonds. The van der Waals surface area contributed by atoms with Crippen LogP contribution in [-0.4, -0.2) is 66.8 Å². The minimum atomic E-state index is -1.33. The van der Waals surface area contributed by atoms with E-state index >= 15 is 0 Å². The van der Waals surface area contributed by atoms with E-state index in [-0.39, 0.29) is 35.5 Å². The molecule has 0 aromatic carbocycles. The lowest BCUT2D eigenvalue weighted by Crippen LogP contribution is -2.44. The first-order valence-electron chi connectivity index (χ1n) is 12.6. The summed E-state index contributed by atoms with van der Waals surface area (Å²) in [6, 6.07) is 3.17. The molecule has 0 radical (unpaired) electrons. The summed E-state index contributed by atoms with van der Waals surface area (Å²) in [5, 5.41) is 15.6. The first kappa shape index (κ1) is 29.6. The summed E-state index contributed by atoms with van der Waals surface area (Å²) in [5.41, 5.74) is -1.52. The Bertz CT molecular complexity index is 1280. The number of aromatic nitrogens is 5. The van der Waals surface area contributed by atoms with E-state index in [1.807, 2.05) is 6.92 Å². The molecule has 1 unspecified atom stereocenters. The second kappa shape index (κ2) is 11.8. The zero-order valence-electron chi connectivity index (χ0n) is 23.6. The number of anilines is 1. The molecule has 0 spiro atoms. The number of amides is 2. The van der Waals surface area contributed by atoms with Gasteiger partial charge >= 0.3 is 18.2 Å². The van der Waals surface area contributed by atoms with E-state index in [9.17, 15) is 14.7 Å². The van der Waals surface area contributed by atoms with Gasteiger partial charge in [-0.2, -0.15) is 9.88 Å². The Balaban J connectivity index is 2.23. The number of imide groups is 1. The number of fused-ring (bicyclic) bond motifs is 1. The van der Waals surface area contributed by atoms with Gasteiger partial charge in [-0.05, 0) is 60.1 Å². The fourth-order valence-corrected chi connectivity index (χ4v) is 3.35. The SMILES string of the molecule is CCCCOc1nc(N(C(=O)OC(C)(C)C)C(=O)OC(C)(C)C)c2ncc(C(O)c3ncccc3OC)n2n1. The number of methoxy groups -OCH3 is 1. The van der Waals surface area contributed by atoms with E-state index in [0.717, 1.165) is 6.42 Å². The fraction of sp³-hybridized carbons (Fsp3) is 0.538. The van der Waals surface area contributed by atoms with Crippen molar-refractivity contribution in [3.05, 3.63) is 35.9 Å². The van der Waals surface area contributed by atoms with Crippen LogP contribution in [0, 0.1) is 0 Å². The molecule has 3 aromatic heterocycles. The van der Waals surface area contributed by atoms with Crippen LogP contribution in [0.3, 0.4) is 0 Å². The second-order valence-corrected chi connectivity index (χ2v) is 10.6. The number of imidazole rings is 1. The molecule has 0 aliphatic heterocycles. The van der Waals surface area contributed by atoms with Gasteiger partial charge < -0.3 is 24.1 Å². The number of hydrogen-bond acceptors (Lipinski definition) is 11. The zero-order chi connectivity index (χ0) is 29.0. The van der Waals surface area contributed by atoms with Crippen LogP contribution in [-0.2, 0) is 9.47 Å². The Kier molecular flexibility index (Phi) is 8.95. The number of carbonyl (C=O) groups is 2. The van der Waals surface area contributed by atoms with Crippen LogP contribution in [0.25, 0.3) is 5.65 Å². The Morgan fingerprint density at radius 2 is 1.72 bits per heavy atom. The number of unbranched alkanes of at least 4 members (excludes halogenated alkanes) is 1. The number of rotatable bonds is 8. The first-order chi connectivity index (χ1) is 18.3. The molecule has 0 bridgehead atoms. The quantitative estimate of drug-likeness (QED) is 0.400. The molecule has 1 atom stereocenters. The molecule has 39 heavy (non-hydrogen) atoms. The average molecular weight is 545 g/mol. The summed E-state index contributed by atoms with van der Waals surface area (Å²) in [5.74, 6) is 0.101. The number of hydrogen-bond donors (Lipinski definition) is 1. The molecule has 3 rings (SSSR count). The third-order valence-corrected chi connectivity index (χ3v) is 5.00. The Morgan fingerprint density at radius 3 is 2.28 bits per heavy atom. The zero-order valence-corrected chi connectivity index (χ0v) is 23.6. The summed E-state index contributed by atoms with van der Waals surface area (Å²) in [6.07, 6.45) is 1.01. The van der Waals surface area contributed by atoms with Gasteiger partial charge in [-0.15, -0.1) is 5.10 Å². The number of nitrogens with zero attached hydrogens (tertiary/aromatic N) is 6. The van der Waals surface area contributed by atoms with E-state index < -0.39 is 29.5 Å². The standard InChI is InChI=1S/C26H36N6O7/c1-9-10-14-37-22-29-21(31(23(34)38-25(2,3)4)24(35)39-26(5,6)7)20-28-15-16(32(20)30-22)19(33)18-17(36-8)12-11-13-27-18/h11-13,15,19,33H,9-10,14H2,1-8H3. The molecule has 0 saturated carbocycles. The predicted molar refractivity (Wildman–Crippen MR) is 141 cm³/mol. The van der Waals surface area contributed by atoms with Gasteiger partial charge in [0.25, 0.3) is 0 Å². The number of ether oxygens (including phenoxy) is 4. The van der Waals surface area contributed by atoms with Crippen molar-refractivity contribution in [1.29, 1.82) is 0 Å². The van der Waals surface area contributed by atoms with Crippen LogP contribution >= 0.6 is 0 Å². The minimum absolute atomic E-state index is 0.0292. The lowest BCUT2D eigenvalue weighted by atomic mass is 10.1. The van der Waals surface area contributed by atoms with E-state index in [1.54, 1.807) is 53.7 Å². The number of carbonyl (C=O) groups excluding carboxylic acids is 2. The highest BCUT2D eigenvalue weighted by molar-refractivity contribution is 6.10. The molecule has 3 heterocycles. The van der Waals surface area contributed by atoms with Crippen LogP contribution in [0.4, 0.5) is 15.4 Å².